The van der Waals surface area contributed by atoms with Gasteiger partial charge in [-0.3, -0.25) is 0 Å². The zero-order valence-electron chi connectivity index (χ0n) is 13.5. The number of hydrogen-bond donors (Lipinski definition) is 0. The molecule has 3 rings (SSSR count). The molecule has 0 bridgehead atoms. The van der Waals surface area contributed by atoms with E-state index in [2.05, 4.69) is 4.98 Å². The summed E-state index contributed by atoms with van der Waals surface area (Å²) in [6, 6.07) is 3.71. The second kappa shape index (κ2) is 6.64. The summed E-state index contributed by atoms with van der Waals surface area (Å²) in [4.78, 5) is 4.42. The molecule has 1 aliphatic heterocycles. The maximum Gasteiger partial charge on any atom is 0.180 e. The van der Waals surface area contributed by atoms with Crippen molar-refractivity contribution in [3.05, 3.63) is 29.5 Å². The molecule has 1 aromatic carbocycles. The maximum absolute atomic E-state index is 11.7. The molecule has 1 fully saturated rings. The molecule has 0 unspecified atom stereocenters. The van der Waals surface area contributed by atoms with Crippen molar-refractivity contribution in [1.29, 1.82) is 0 Å². The summed E-state index contributed by atoms with van der Waals surface area (Å²) < 4.78 is 35.9. The van der Waals surface area contributed by atoms with Gasteiger partial charge >= 0.3 is 0 Å². The monoisotopic (exact) mass is 370 g/mol. The van der Waals surface area contributed by atoms with E-state index in [0.29, 0.717) is 35.2 Å². The van der Waals surface area contributed by atoms with Crippen molar-refractivity contribution in [2.75, 3.05) is 25.7 Å². The highest BCUT2D eigenvalue weighted by atomic mass is 35.5. The van der Waals surface area contributed by atoms with Crippen LogP contribution >= 0.6 is 11.6 Å². The largest absolute Gasteiger partial charge is 0.493 e. The van der Waals surface area contributed by atoms with Crippen molar-refractivity contribution in [3.8, 4) is 22.9 Å². The summed E-state index contributed by atoms with van der Waals surface area (Å²) in [5, 5.41) is 0.424. The molecular formula is C16H19ClN2O4S. The Labute approximate surface area is 146 Å². The highest BCUT2D eigenvalue weighted by molar-refractivity contribution is 7.91. The summed E-state index contributed by atoms with van der Waals surface area (Å²) in [5.41, 5.74) is 0.729. The van der Waals surface area contributed by atoms with E-state index in [1.807, 2.05) is 16.8 Å². The Kier molecular flexibility index (Phi) is 4.73. The van der Waals surface area contributed by atoms with Gasteiger partial charge in [0, 0.05) is 24.0 Å². The molecule has 1 saturated heterocycles. The third-order valence-corrected chi connectivity index (χ3v) is 6.40. The highest BCUT2D eigenvalue weighted by Gasteiger charge is 2.27. The Morgan fingerprint density at radius 2 is 1.92 bits per heavy atom. The smallest absolute Gasteiger partial charge is 0.180 e. The van der Waals surface area contributed by atoms with Crippen LogP contribution in [0, 0.1) is 0 Å². The average Bonchev–Trinajstić information content (AvgIpc) is 3.03. The van der Waals surface area contributed by atoms with Gasteiger partial charge in [0.25, 0.3) is 0 Å². The van der Waals surface area contributed by atoms with Gasteiger partial charge in [-0.15, -0.1) is 0 Å². The van der Waals surface area contributed by atoms with E-state index in [9.17, 15) is 8.42 Å². The molecule has 0 radical (unpaired) electrons. The van der Waals surface area contributed by atoms with E-state index in [1.165, 1.54) is 7.11 Å². The molecule has 24 heavy (non-hydrogen) atoms. The van der Waals surface area contributed by atoms with Crippen LogP contribution in [0.3, 0.4) is 0 Å². The van der Waals surface area contributed by atoms with Crippen LogP contribution in [-0.2, 0) is 9.84 Å². The quantitative estimate of drug-likeness (QED) is 0.827. The fraction of sp³-hybridized carbons (Fsp3) is 0.438. The molecular weight excluding hydrogens is 352 g/mol. The van der Waals surface area contributed by atoms with E-state index in [4.69, 9.17) is 21.1 Å². The molecule has 0 amide bonds. The molecule has 1 aromatic heterocycles. The lowest BCUT2D eigenvalue weighted by Crippen LogP contribution is -2.25. The molecule has 6 nitrogen and oxygen atoms in total. The van der Waals surface area contributed by atoms with E-state index < -0.39 is 9.84 Å². The van der Waals surface area contributed by atoms with Gasteiger partial charge in [0.15, 0.2) is 11.5 Å². The van der Waals surface area contributed by atoms with Gasteiger partial charge in [0.1, 0.15) is 15.7 Å². The molecule has 8 heteroatoms. The normalized spacial score (nSPS) is 17.6. The van der Waals surface area contributed by atoms with E-state index in [-0.39, 0.29) is 17.5 Å². The van der Waals surface area contributed by atoms with Crippen LogP contribution in [0.1, 0.15) is 18.9 Å². The molecule has 2 heterocycles. The lowest BCUT2D eigenvalue weighted by molar-refractivity contribution is 0.355. The fourth-order valence-corrected chi connectivity index (χ4v) is 4.82. The Hall–Kier alpha value is -1.73. The number of nitrogens with zero attached hydrogens (tertiary/aromatic N) is 2. The number of ether oxygens (including phenoxy) is 2. The summed E-state index contributed by atoms with van der Waals surface area (Å²) in [6.45, 7) is 0. The first kappa shape index (κ1) is 17.1. The van der Waals surface area contributed by atoms with Gasteiger partial charge in [0.05, 0.1) is 30.7 Å². The van der Waals surface area contributed by atoms with Gasteiger partial charge in [-0.05, 0) is 25.0 Å². The number of benzene rings is 1. The van der Waals surface area contributed by atoms with E-state index >= 15 is 0 Å². The van der Waals surface area contributed by atoms with Crippen molar-refractivity contribution in [3.63, 3.8) is 0 Å². The zero-order valence-corrected chi connectivity index (χ0v) is 15.1. The van der Waals surface area contributed by atoms with Gasteiger partial charge in [-0.2, -0.15) is 0 Å². The first-order chi connectivity index (χ1) is 11.5. The third kappa shape index (κ3) is 3.10. The Balaban J connectivity index is 1.99. The summed E-state index contributed by atoms with van der Waals surface area (Å²) in [7, 11) is 0.178. The number of rotatable bonds is 4. The minimum absolute atomic E-state index is 0.0928. The van der Waals surface area contributed by atoms with Gasteiger partial charge in [0.2, 0.25) is 0 Å². The number of hydrogen-bond acceptors (Lipinski definition) is 5. The fourth-order valence-electron chi connectivity index (χ4n) is 3.03. The summed E-state index contributed by atoms with van der Waals surface area (Å²) >= 11 is 6.49. The second-order valence-electron chi connectivity index (χ2n) is 5.70. The van der Waals surface area contributed by atoms with Crippen LogP contribution in [0.15, 0.2) is 24.5 Å². The van der Waals surface area contributed by atoms with E-state index in [0.717, 1.165) is 5.56 Å². The Morgan fingerprint density at radius 3 is 2.54 bits per heavy atom. The lowest BCUT2D eigenvalue weighted by Gasteiger charge is -2.25. The Bertz CT molecular complexity index is 834. The van der Waals surface area contributed by atoms with Crippen molar-refractivity contribution >= 4 is 21.4 Å². The van der Waals surface area contributed by atoms with Crippen LogP contribution in [0.4, 0.5) is 0 Å². The molecule has 1 aliphatic rings. The second-order valence-corrected chi connectivity index (χ2v) is 8.39. The van der Waals surface area contributed by atoms with Crippen LogP contribution in [0.25, 0.3) is 11.4 Å². The number of aromatic nitrogens is 2. The lowest BCUT2D eigenvalue weighted by atomic mass is 10.1. The van der Waals surface area contributed by atoms with Crippen molar-refractivity contribution in [2.24, 2.45) is 0 Å². The zero-order chi connectivity index (χ0) is 17.3. The van der Waals surface area contributed by atoms with Crippen LogP contribution in [0.2, 0.25) is 5.02 Å². The Morgan fingerprint density at radius 1 is 1.21 bits per heavy atom. The minimum Gasteiger partial charge on any atom is -0.493 e. The third-order valence-electron chi connectivity index (χ3n) is 4.31. The van der Waals surface area contributed by atoms with Crippen molar-refractivity contribution in [2.45, 2.75) is 18.9 Å². The molecule has 2 aromatic rings. The van der Waals surface area contributed by atoms with Crippen LogP contribution < -0.4 is 9.47 Å². The predicted molar refractivity (Wildman–Crippen MR) is 92.7 cm³/mol. The number of methoxy groups -OCH3 is 2. The highest BCUT2D eigenvalue weighted by Crippen LogP contribution is 2.42. The van der Waals surface area contributed by atoms with Crippen molar-refractivity contribution in [1.82, 2.24) is 9.55 Å². The predicted octanol–water partition coefficient (Wildman–Crippen LogP) is 2.97. The molecule has 0 atom stereocenters. The van der Waals surface area contributed by atoms with E-state index in [1.54, 1.807) is 19.4 Å². The number of imidazole rings is 1. The van der Waals surface area contributed by atoms with Gasteiger partial charge in [-0.1, -0.05) is 11.6 Å². The summed E-state index contributed by atoms with van der Waals surface area (Å²) in [5.74, 6) is 2.11. The molecule has 0 N–H and O–H groups in total. The molecule has 0 spiro atoms. The summed E-state index contributed by atoms with van der Waals surface area (Å²) in [6.07, 6.45) is 4.73. The number of halogens is 1. The standard InChI is InChI=1S/C16H19ClN2O4S/c1-22-13-4-3-12(14(17)15(13)23-2)16-18-7-8-19(16)11-5-9-24(20,21)10-6-11/h3-4,7-8,11H,5-6,9-10H2,1-2H3. The van der Waals surface area contributed by atoms with Crippen molar-refractivity contribution < 1.29 is 17.9 Å². The first-order valence-electron chi connectivity index (χ1n) is 7.61. The molecule has 130 valence electrons. The van der Waals surface area contributed by atoms with Gasteiger partial charge < -0.3 is 14.0 Å². The topological polar surface area (TPSA) is 70.4 Å². The van der Waals surface area contributed by atoms with Crippen LogP contribution in [-0.4, -0.2) is 43.7 Å². The molecule has 0 aliphatic carbocycles. The van der Waals surface area contributed by atoms with Crippen LogP contribution in [0.5, 0.6) is 11.5 Å². The first-order valence-corrected chi connectivity index (χ1v) is 9.81. The molecule has 0 saturated carbocycles. The number of sulfone groups is 1. The minimum atomic E-state index is -2.91. The SMILES string of the molecule is COc1ccc(-c2nccn2C2CCS(=O)(=O)CC2)c(Cl)c1OC. The average molecular weight is 371 g/mol. The van der Waals surface area contributed by atoms with Gasteiger partial charge in [-0.25, -0.2) is 13.4 Å². The maximum atomic E-state index is 11.7.